The number of thiol groups is 2. The first kappa shape index (κ1) is 27.3. The van der Waals surface area contributed by atoms with E-state index in [2.05, 4.69) is 41.2 Å². The lowest BCUT2D eigenvalue weighted by Crippen LogP contribution is -2.57. The van der Waals surface area contributed by atoms with Crippen LogP contribution in [0.5, 0.6) is 0 Å². The summed E-state index contributed by atoms with van der Waals surface area (Å²) < 4.78 is 5.38. The molecule has 9 nitrogen and oxygen atoms in total. The highest BCUT2D eigenvalue weighted by Gasteiger charge is 2.32. The number of amides is 3. The quantitative estimate of drug-likeness (QED) is 0.188. The topological polar surface area (TPSA) is 134 Å². The van der Waals surface area contributed by atoms with Gasteiger partial charge in [-0.25, -0.2) is 0 Å². The van der Waals surface area contributed by atoms with Gasteiger partial charge in [0.1, 0.15) is 18.2 Å². The van der Waals surface area contributed by atoms with Gasteiger partial charge in [0.15, 0.2) is 0 Å². The minimum absolute atomic E-state index is 0.0131. The standard InChI is InChI=1S/C20H33N3O6S2/c1-11(2)18-15(24)9-17(26)29-13(6-4-5-7-30)8-16(25)21-12(3)19(27)22-14(10-31)20(28)23-18/h4,6,11-15,18,24,30-31H,5,7-10H2,1-3H3,(H,21,25)(H,22,27)(H,23,28)/t12-,13-,14-,15+,18?/m1/s1. The summed E-state index contributed by atoms with van der Waals surface area (Å²) in [7, 11) is 0. The van der Waals surface area contributed by atoms with Crippen molar-refractivity contribution in [2.24, 2.45) is 5.92 Å². The first-order chi connectivity index (χ1) is 14.6. The molecule has 0 saturated carbocycles. The smallest absolute Gasteiger partial charge is 0.309 e. The average Bonchev–Trinajstić information content (AvgIpc) is 2.68. The number of carbonyl (C=O) groups is 4. The molecular weight excluding hydrogens is 442 g/mol. The molecule has 0 bridgehead atoms. The van der Waals surface area contributed by atoms with Crippen LogP contribution in [0.4, 0.5) is 0 Å². The number of allylic oxidation sites excluding steroid dienone is 1. The maximum Gasteiger partial charge on any atom is 0.309 e. The summed E-state index contributed by atoms with van der Waals surface area (Å²) in [6, 6.07) is -2.64. The van der Waals surface area contributed by atoms with E-state index in [0.29, 0.717) is 12.2 Å². The minimum Gasteiger partial charge on any atom is -0.457 e. The summed E-state index contributed by atoms with van der Waals surface area (Å²) >= 11 is 8.23. The Labute approximate surface area is 193 Å². The number of nitrogens with one attached hydrogen (secondary N) is 3. The molecule has 1 heterocycles. The van der Waals surface area contributed by atoms with Crippen molar-refractivity contribution in [3.8, 4) is 0 Å². The Bertz CT molecular complexity index is 673. The number of carbonyl (C=O) groups excluding carboxylic acids is 4. The third-order valence-corrected chi connectivity index (χ3v) is 5.34. The van der Waals surface area contributed by atoms with E-state index in [1.54, 1.807) is 26.0 Å². The van der Waals surface area contributed by atoms with Crippen LogP contribution in [0.2, 0.25) is 0 Å². The molecular formula is C20H33N3O6S2. The molecule has 1 unspecified atom stereocenters. The normalized spacial score (nSPS) is 29.6. The van der Waals surface area contributed by atoms with Gasteiger partial charge in [0.2, 0.25) is 17.7 Å². The fraction of sp³-hybridized carbons (Fsp3) is 0.700. The lowest BCUT2D eigenvalue weighted by Gasteiger charge is -2.29. The van der Waals surface area contributed by atoms with Crippen LogP contribution in [0.3, 0.4) is 0 Å². The Morgan fingerprint density at radius 2 is 1.77 bits per heavy atom. The van der Waals surface area contributed by atoms with Gasteiger partial charge in [-0.1, -0.05) is 19.9 Å². The minimum atomic E-state index is -1.22. The number of rotatable bonds is 5. The second-order valence-corrected chi connectivity index (χ2v) is 8.57. The van der Waals surface area contributed by atoms with Crippen molar-refractivity contribution in [1.29, 1.82) is 0 Å². The molecule has 4 N–H and O–H groups in total. The molecule has 1 rings (SSSR count). The van der Waals surface area contributed by atoms with E-state index in [-0.39, 0.29) is 24.5 Å². The van der Waals surface area contributed by atoms with Crippen molar-refractivity contribution >= 4 is 48.9 Å². The summed E-state index contributed by atoms with van der Waals surface area (Å²) in [6.45, 7) is 5.06. The van der Waals surface area contributed by atoms with Crippen LogP contribution >= 0.6 is 25.3 Å². The Hall–Kier alpha value is -1.72. The third-order valence-electron chi connectivity index (χ3n) is 4.72. The van der Waals surface area contributed by atoms with Gasteiger partial charge in [-0.2, -0.15) is 25.3 Å². The fourth-order valence-electron chi connectivity index (χ4n) is 3.00. The zero-order valence-electron chi connectivity index (χ0n) is 18.0. The average molecular weight is 476 g/mol. The maximum absolute atomic E-state index is 12.6. The zero-order valence-corrected chi connectivity index (χ0v) is 19.8. The van der Waals surface area contributed by atoms with Gasteiger partial charge in [-0.15, -0.1) is 0 Å². The molecule has 0 aromatic heterocycles. The first-order valence-corrected chi connectivity index (χ1v) is 11.5. The number of esters is 1. The molecule has 0 aromatic rings. The second-order valence-electron chi connectivity index (χ2n) is 7.76. The van der Waals surface area contributed by atoms with Crippen LogP contribution in [0.15, 0.2) is 12.2 Å². The molecule has 11 heteroatoms. The van der Waals surface area contributed by atoms with Crippen molar-refractivity contribution in [2.75, 3.05) is 11.5 Å². The molecule has 1 saturated heterocycles. The molecule has 176 valence electrons. The SMILES string of the molecule is CC(C)C1NC(=O)[C@@H](CS)NC(=O)[C@@H](C)NC(=O)C[C@@H](C=CCCS)OC(=O)C[C@@H]1O. The highest BCUT2D eigenvalue weighted by atomic mass is 32.1. The number of hydrogen-bond acceptors (Lipinski definition) is 8. The molecule has 0 spiro atoms. The van der Waals surface area contributed by atoms with Crippen molar-refractivity contribution < 1.29 is 29.0 Å². The van der Waals surface area contributed by atoms with Gasteiger partial charge < -0.3 is 25.8 Å². The van der Waals surface area contributed by atoms with Crippen molar-refractivity contribution in [1.82, 2.24) is 16.0 Å². The molecule has 0 radical (unpaired) electrons. The maximum atomic E-state index is 12.6. The molecule has 0 aliphatic carbocycles. The number of cyclic esters (lactones) is 1. The largest absolute Gasteiger partial charge is 0.457 e. The van der Waals surface area contributed by atoms with Crippen LogP contribution in [0, 0.1) is 5.92 Å². The lowest BCUT2D eigenvalue weighted by molar-refractivity contribution is -0.151. The van der Waals surface area contributed by atoms with E-state index in [9.17, 15) is 24.3 Å². The van der Waals surface area contributed by atoms with Crippen LogP contribution < -0.4 is 16.0 Å². The molecule has 1 aliphatic heterocycles. The molecule has 3 amide bonds. The first-order valence-electron chi connectivity index (χ1n) is 10.2. The lowest BCUT2D eigenvalue weighted by atomic mass is 9.96. The molecule has 31 heavy (non-hydrogen) atoms. The highest BCUT2D eigenvalue weighted by Crippen LogP contribution is 2.13. The fourth-order valence-corrected chi connectivity index (χ4v) is 3.40. The van der Waals surface area contributed by atoms with Gasteiger partial charge in [-0.3, -0.25) is 19.2 Å². The van der Waals surface area contributed by atoms with Crippen molar-refractivity contribution in [2.45, 2.75) is 70.4 Å². The number of hydrogen-bond donors (Lipinski definition) is 6. The number of aliphatic hydroxyl groups excluding tert-OH is 1. The molecule has 0 aromatic carbocycles. The summed E-state index contributed by atoms with van der Waals surface area (Å²) in [6.07, 6.45) is 1.31. The van der Waals surface area contributed by atoms with E-state index in [1.807, 2.05) is 0 Å². The predicted molar refractivity (Wildman–Crippen MR) is 123 cm³/mol. The Morgan fingerprint density at radius 1 is 1.10 bits per heavy atom. The van der Waals surface area contributed by atoms with Crippen LogP contribution in [0.1, 0.15) is 40.0 Å². The summed E-state index contributed by atoms with van der Waals surface area (Å²) in [5.74, 6) is -1.91. The van der Waals surface area contributed by atoms with E-state index < -0.39 is 54.0 Å². The molecule has 5 atom stereocenters. The van der Waals surface area contributed by atoms with Crippen molar-refractivity contribution in [3.63, 3.8) is 0 Å². The number of aliphatic hydroxyl groups is 1. The third kappa shape index (κ3) is 9.53. The summed E-state index contributed by atoms with van der Waals surface area (Å²) in [5, 5.41) is 18.3. The zero-order chi connectivity index (χ0) is 23.6. The highest BCUT2D eigenvalue weighted by molar-refractivity contribution is 7.80. The Balaban J connectivity index is 3.17. The monoisotopic (exact) mass is 475 g/mol. The van der Waals surface area contributed by atoms with Crippen molar-refractivity contribution in [3.05, 3.63) is 12.2 Å². The summed E-state index contributed by atoms with van der Waals surface area (Å²) in [5.41, 5.74) is 0. The molecule has 1 fully saturated rings. The van der Waals surface area contributed by atoms with Gasteiger partial charge in [0.05, 0.1) is 25.0 Å². The van der Waals surface area contributed by atoms with Gasteiger partial charge >= 0.3 is 5.97 Å². The summed E-state index contributed by atoms with van der Waals surface area (Å²) in [4.78, 5) is 49.9. The van der Waals surface area contributed by atoms with E-state index in [4.69, 9.17) is 4.74 Å². The second kappa shape index (κ2) is 13.6. The van der Waals surface area contributed by atoms with Gasteiger partial charge in [0.25, 0.3) is 0 Å². The van der Waals surface area contributed by atoms with E-state index in [1.165, 1.54) is 6.92 Å². The molecule has 1 aliphatic rings. The predicted octanol–water partition coefficient (Wildman–Crippen LogP) is -0.0109. The van der Waals surface area contributed by atoms with E-state index in [0.717, 1.165) is 0 Å². The number of ether oxygens (including phenoxy) is 1. The Morgan fingerprint density at radius 3 is 2.35 bits per heavy atom. The van der Waals surface area contributed by atoms with E-state index >= 15 is 0 Å². The van der Waals surface area contributed by atoms with Gasteiger partial charge in [0, 0.05) is 5.75 Å². The Kier molecular flexibility index (Phi) is 12.0. The van der Waals surface area contributed by atoms with Gasteiger partial charge in [-0.05, 0) is 31.1 Å². The van der Waals surface area contributed by atoms with Crippen LogP contribution in [0.25, 0.3) is 0 Å². The van der Waals surface area contributed by atoms with Crippen LogP contribution in [-0.4, -0.2) is 70.6 Å². The van der Waals surface area contributed by atoms with Crippen LogP contribution in [-0.2, 0) is 23.9 Å².